The van der Waals surface area contributed by atoms with Gasteiger partial charge in [0.05, 0.1) is 0 Å². The Morgan fingerprint density at radius 1 is 1.33 bits per heavy atom. The van der Waals surface area contributed by atoms with Gasteiger partial charge in [0, 0.05) is 10.5 Å². The van der Waals surface area contributed by atoms with E-state index in [1.165, 1.54) is 12.1 Å². The van der Waals surface area contributed by atoms with Crippen LogP contribution in [0.5, 0.6) is 0 Å². The second kappa shape index (κ2) is 6.67. The first-order valence-corrected chi connectivity index (χ1v) is 7.28. The highest BCUT2D eigenvalue weighted by molar-refractivity contribution is 9.10. The molecule has 3 heteroatoms. The molecule has 0 saturated carbocycles. The van der Waals surface area contributed by atoms with Gasteiger partial charge < -0.3 is 5.32 Å². The van der Waals surface area contributed by atoms with Gasteiger partial charge in [-0.15, -0.1) is 0 Å². The number of likely N-dealkylation sites (N-methyl/N-ethyl adjacent to an activating group) is 1. The molecule has 0 aliphatic heterocycles. The molecule has 0 saturated heterocycles. The van der Waals surface area contributed by atoms with E-state index in [2.05, 4.69) is 48.9 Å². The first-order valence-electron chi connectivity index (χ1n) is 6.49. The van der Waals surface area contributed by atoms with E-state index < -0.39 is 0 Å². The molecule has 0 aliphatic rings. The summed E-state index contributed by atoms with van der Waals surface area (Å²) in [5.74, 6) is -0.193. The van der Waals surface area contributed by atoms with E-state index in [-0.39, 0.29) is 5.82 Å². The van der Waals surface area contributed by atoms with Crippen molar-refractivity contribution < 1.29 is 4.39 Å². The predicted molar refractivity (Wildman–Crippen MR) is 79.3 cm³/mol. The fraction of sp³-hybridized carbons (Fsp3) is 0.600. The molecule has 1 unspecified atom stereocenters. The number of hydrogen-bond donors (Lipinski definition) is 1. The van der Waals surface area contributed by atoms with Gasteiger partial charge in [0.25, 0.3) is 0 Å². The molecule has 1 N–H and O–H groups in total. The van der Waals surface area contributed by atoms with Crippen LogP contribution in [0.25, 0.3) is 0 Å². The fourth-order valence-electron chi connectivity index (χ4n) is 2.20. The summed E-state index contributed by atoms with van der Waals surface area (Å²) in [4.78, 5) is 0. The summed E-state index contributed by atoms with van der Waals surface area (Å²) in [6.45, 7) is 9.82. The molecule has 0 heterocycles. The molecule has 0 aliphatic carbocycles. The molecule has 0 radical (unpaired) electrons. The molecular formula is C15H23BrFN. The van der Waals surface area contributed by atoms with Crippen LogP contribution >= 0.6 is 15.9 Å². The van der Waals surface area contributed by atoms with Crippen molar-refractivity contribution in [2.75, 3.05) is 6.54 Å². The molecule has 1 aromatic rings. The summed E-state index contributed by atoms with van der Waals surface area (Å²) in [6, 6.07) is 5.36. The van der Waals surface area contributed by atoms with Gasteiger partial charge in [0.2, 0.25) is 0 Å². The minimum atomic E-state index is -0.193. The van der Waals surface area contributed by atoms with E-state index in [4.69, 9.17) is 0 Å². The normalized spacial score (nSPS) is 13.7. The van der Waals surface area contributed by atoms with Crippen LogP contribution in [0.4, 0.5) is 4.39 Å². The molecule has 0 aromatic heterocycles. The van der Waals surface area contributed by atoms with Crippen molar-refractivity contribution in [3.05, 3.63) is 34.1 Å². The van der Waals surface area contributed by atoms with Crippen LogP contribution in [0.3, 0.4) is 0 Å². The van der Waals surface area contributed by atoms with E-state index in [0.29, 0.717) is 11.5 Å². The summed E-state index contributed by atoms with van der Waals surface area (Å²) in [5, 5.41) is 3.51. The lowest BCUT2D eigenvalue weighted by Gasteiger charge is -2.27. The largest absolute Gasteiger partial charge is 0.314 e. The van der Waals surface area contributed by atoms with Gasteiger partial charge in [-0.05, 0) is 42.5 Å². The topological polar surface area (TPSA) is 12.0 Å². The molecule has 0 amide bonds. The molecule has 0 fully saturated rings. The zero-order chi connectivity index (χ0) is 13.8. The first-order chi connectivity index (χ1) is 8.31. The minimum absolute atomic E-state index is 0.193. The third-order valence-electron chi connectivity index (χ3n) is 2.83. The molecule has 0 spiro atoms. The van der Waals surface area contributed by atoms with Crippen LogP contribution in [-0.4, -0.2) is 12.6 Å². The summed E-state index contributed by atoms with van der Waals surface area (Å²) < 4.78 is 13.9. The lowest BCUT2D eigenvalue weighted by atomic mass is 9.86. The Bertz CT molecular complexity index is 385. The Morgan fingerprint density at radius 3 is 2.50 bits per heavy atom. The monoisotopic (exact) mass is 315 g/mol. The van der Waals surface area contributed by atoms with E-state index >= 15 is 0 Å². The fourth-order valence-corrected chi connectivity index (χ4v) is 2.71. The van der Waals surface area contributed by atoms with Crippen LogP contribution in [0, 0.1) is 11.2 Å². The Morgan fingerprint density at radius 2 is 2.00 bits per heavy atom. The second-order valence-electron chi connectivity index (χ2n) is 5.96. The summed E-state index contributed by atoms with van der Waals surface area (Å²) in [6.07, 6.45) is 2.02. The summed E-state index contributed by atoms with van der Waals surface area (Å²) in [5.41, 5.74) is 1.45. The smallest absolute Gasteiger partial charge is 0.124 e. The molecule has 18 heavy (non-hydrogen) atoms. The number of benzene rings is 1. The highest BCUT2D eigenvalue weighted by Gasteiger charge is 2.19. The SMILES string of the molecule is CCNC(Cc1ccc(F)cc1Br)CC(C)(C)C. The van der Waals surface area contributed by atoms with Gasteiger partial charge in [0.1, 0.15) is 5.82 Å². The number of rotatable bonds is 5. The second-order valence-corrected chi connectivity index (χ2v) is 6.81. The Hall–Kier alpha value is -0.410. The maximum absolute atomic E-state index is 13.1. The molecule has 1 aromatic carbocycles. The van der Waals surface area contributed by atoms with E-state index in [1.807, 2.05) is 6.07 Å². The highest BCUT2D eigenvalue weighted by atomic mass is 79.9. The van der Waals surface area contributed by atoms with Crippen LogP contribution in [0.15, 0.2) is 22.7 Å². The van der Waals surface area contributed by atoms with Gasteiger partial charge in [-0.3, -0.25) is 0 Å². The standard InChI is InChI=1S/C15H23BrFN/c1-5-18-13(10-15(2,3)4)8-11-6-7-12(17)9-14(11)16/h6-7,9,13,18H,5,8,10H2,1-4H3. The van der Waals surface area contributed by atoms with Crippen LogP contribution in [0.1, 0.15) is 39.7 Å². The van der Waals surface area contributed by atoms with Crippen molar-refractivity contribution in [2.45, 2.75) is 46.6 Å². The van der Waals surface area contributed by atoms with Crippen molar-refractivity contribution in [1.82, 2.24) is 5.32 Å². The highest BCUT2D eigenvalue weighted by Crippen LogP contribution is 2.25. The van der Waals surface area contributed by atoms with Crippen molar-refractivity contribution in [3.63, 3.8) is 0 Å². The van der Waals surface area contributed by atoms with Gasteiger partial charge in [0.15, 0.2) is 0 Å². The maximum Gasteiger partial charge on any atom is 0.124 e. The van der Waals surface area contributed by atoms with E-state index in [0.717, 1.165) is 29.4 Å². The predicted octanol–water partition coefficient (Wildman–Crippen LogP) is 4.55. The lowest BCUT2D eigenvalue weighted by Crippen LogP contribution is -2.34. The van der Waals surface area contributed by atoms with Crippen molar-refractivity contribution in [1.29, 1.82) is 0 Å². The average molecular weight is 316 g/mol. The zero-order valence-corrected chi connectivity index (χ0v) is 13.3. The third kappa shape index (κ3) is 5.49. The zero-order valence-electron chi connectivity index (χ0n) is 11.7. The third-order valence-corrected chi connectivity index (χ3v) is 3.57. The van der Waals surface area contributed by atoms with Crippen LogP contribution < -0.4 is 5.32 Å². The van der Waals surface area contributed by atoms with Crippen LogP contribution in [0.2, 0.25) is 0 Å². The Kier molecular flexibility index (Phi) is 5.80. The van der Waals surface area contributed by atoms with Gasteiger partial charge in [-0.1, -0.05) is 49.7 Å². The summed E-state index contributed by atoms with van der Waals surface area (Å²) >= 11 is 3.44. The molecule has 102 valence electrons. The summed E-state index contributed by atoms with van der Waals surface area (Å²) in [7, 11) is 0. The Balaban J connectivity index is 2.76. The van der Waals surface area contributed by atoms with Gasteiger partial charge in [-0.25, -0.2) is 4.39 Å². The molecule has 1 rings (SSSR count). The minimum Gasteiger partial charge on any atom is -0.314 e. The number of nitrogens with one attached hydrogen (secondary N) is 1. The first kappa shape index (κ1) is 15.6. The molecule has 1 nitrogen and oxygen atoms in total. The van der Waals surface area contributed by atoms with Gasteiger partial charge >= 0.3 is 0 Å². The Labute approximate surface area is 118 Å². The molecule has 1 atom stereocenters. The van der Waals surface area contributed by atoms with Crippen LogP contribution in [-0.2, 0) is 6.42 Å². The van der Waals surface area contributed by atoms with Crippen molar-refractivity contribution in [3.8, 4) is 0 Å². The molecular weight excluding hydrogens is 293 g/mol. The van der Waals surface area contributed by atoms with Gasteiger partial charge in [-0.2, -0.15) is 0 Å². The average Bonchev–Trinajstić information content (AvgIpc) is 2.20. The quantitative estimate of drug-likeness (QED) is 0.840. The number of hydrogen-bond acceptors (Lipinski definition) is 1. The van der Waals surface area contributed by atoms with E-state index in [1.54, 1.807) is 0 Å². The van der Waals surface area contributed by atoms with Crippen molar-refractivity contribution in [2.24, 2.45) is 5.41 Å². The van der Waals surface area contributed by atoms with Crippen molar-refractivity contribution >= 4 is 15.9 Å². The maximum atomic E-state index is 13.1. The number of halogens is 2. The molecule has 0 bridgehead atoms. The van der Waals surface area contributed by atoms with E-state index in [9.17, 15) is 4.39 Å². The lowest BCUT2D eigenvalue weighted by molar-refractivity contribution is 0.309.